The monoisotopic (exact) mass is 536 g/mol. The largest absolute Gasteiger partial charge is 0.573 e. The van der Waals surface area contributed by atoms with Gasteiger partial charge in [-0.3, -0.25) is 4.79 Å². The highest BCUT2D eigenvalue weighted by Crippen LogP contribution is 2.40. The SMILES string of the molecule is Cc1cc(N2CCO[C@@H](c3ccc(OC(F)(F)F)cc3)CC2)cc(F)c1NC(=O)CC(C)(C)C(F)(F)F. The molecule has 204 valence electrons. The number of rotatable bonds is 6. The van der Waals surface area contributed by atoms with E-state index in [4.69, 9.17) is 4.74 Å². The van der Waals surface area contributed by atoms with Crippen LogP contribution in [0.15, 0.2) is 36.4 Å². The van der Waals surface area contributed by atoms with E-state index in [1.54, 1.807) is 13.0 Å². The molecule has 1 amide bonds. The molecule has 1 saturated heterocycles. The van der Waals surface area contributed by atoms with Crippen LogP contribution in [0, 0.1) is 18.2 Å². The Hall–Kier alpha value is -3.02. The number of hydrogen-bond donors (Lipinski definition) is 1. The van der Waals surface area contributed by atoms with Gasteiger partial charge in [-0.05, 0) is 48.7 Å². The highest BCUT2D eigenvalue weighted by Gasteiger charge is 2.48. The molecule has 1 aliphatic heterocycles. The van der Waals surface area contributed by atoms with E-state index in [1.165, 1.54) is 30.3 Å². The fourth-order valence-corrected chi connectivity index (χ4v) is 3.93. The second-order valence-corrected chi connectivity index (χ2v) is 9.48. The molecular weight excluding hydrogens is 509 g/mol. The smallest absolute Gasteiger partial charge is 0.406 e. The number of hydrogen-bond acceptors (Lipinski definition) is 4. The Kier molecular flexibility index (Phi) is 8.31. The molecule has 1 atom stereocenters. The minimum Gasteiger partial charge on any atom is -0.406 e. The molecular formula is C25H27F7N2O3. The third-order valence-corrected chi connectivity index (χ3v) is 6.10. The Bertz CT molecular complexity index is 1080. The van der Waals surface area contributed by atoms with E-state index in [1.807, 2.05) is 4.90 Å². The molecule has 0 unspecified atom stereocenters. The van der Waals surface area contributed by atoms with E-state index < -0.39 is 42.2 Å². The van der Waals surface area contributed by atoms with Crippen molar-refractivity contribution in [3.05, 3.63) is 53.3 Å². The molecule has 0 spiro atoms. The molecule has 1 N–H and O–H groups in total. The van der Waals surface area contributed by atoms with Crippen molar-refractivity contribution in [2.45, 2.75) is 52.3 Å². The molecule has 0 saturated carbocycles. The summed E-state index contributed by atoms with van der Waals surface area (Å²) >= 11 is 0. The van der Waals surface area contributed by atoms with Crippen LogP contribution < -0.4 is 15.0 Å². The average Bonchev–Trinajstić information content (AvgIpc) is 3.01. The van der Waals surface area contributed by atoms with Gasteiger partial charge >= 0.3 is 12.5 Å². The van der Waals surface area contributed by atoms with Crippen molar-refractivity contribution in [3.63, 3.8) is 0 Å². The van der Waals surface area contributed by atoms with Crippen molar-refractivity contribution in [1.82, 2.24) is 0 Å². The molecule has 2 aromatic carbocycles. The first kappa shape index (κ1) is 28.5. The Labute approximate surface area is 209 Å². The molecule has 5 nitrogen and oxygen atoms in total. The molecule has 2 aromatic rings. The summed E-state index contributed by atoms with van der Waals surface area (Å²) in [6.07, 6.45) is -10.2. The first-order valence-electron chi connectivity index (χ1n) is 11.4. The summed E-state index contributed by atoms with van der Waals surface area (Å²) in [5, 5.41) is 2.26. The van der Waals surface area contributed by atoms with Crippen molar-refractivity contribution in [2.75, 3.05) is 29.9 Å². The van der Waals surface area contributed by atoms with Crippen LogP contribution in [0.1, 0.15) is 43.9 Å². The Morgan fingerprint density at radius 2 is 1.73 bits per heavy atom. The summed E-state index contributed by atoms with van der Waals surface area (Å²) in [5.74, 6) is -2.07. The quantitative estimate of drug-likeness (QED) is 0.408. The normalized spacial score (nSPS) is 17.4. The summed E-state index contributed by atoms with van der Waals surface area (Å²) in [7, 11) is 0. The lowest BCUT2D eigenvalue weighted by atomic mass is 9.88. The van der Waals surface area contributed by atoms with Crippen LogP contribution >= 0.6 is 0 Å². The maximum Gasteiger partial charge on any atom is 0.573 e. The summed E-state index contributed by atoms with van der Waals surface area (Å²) in [6.45, 7) is 4.44. The van der Waals surface area contributed by atoms with E-state index in [2.05, 4.69) is 10.1 Å². The molecule has 0 aromatic heterocycles. The second-order valence-electron chi connectivity index (χ2n) is 9.48. The third kappa shape index (κ3) is 7.50. The standard InChI is InChI=1S/C25H27F7N2O3/c1-15-12-17(13-19(26)22(15)33-21(35)14-23(2,3)24(27,28)29)34-9-8-20(36-11-10-34)16-4-6-18(7-5-16)37-25(30,31)32/h4-7,12-13,20H,8-11,14H2,1-3H3,(H,33,35)/t20-/m1/s1. The number of alkyl halides is 6. The van der Waals surface area contributed by atoms with E-state index in [0.717, 1.165) is 13.8 Å². The van der Waals surface area contributed by atoms with Gasteiger partial charge in [0.15, 0.2) is 0 Å². The van der Waals surface area contributed by atoms with Gasteiger partial charge in [-0.25, -0.2) is 4.39 Å². The number of ether oxygens (including phenoxy) is 2. The van der Waals surface area contributed by atoms with E-state index in [0.29, 0.717) is 36.3 Å². The molecule has 0 aliphatic carbocycles. The van der Waals surface area contributed by atoms with Crippen LogP contribution in [-0.4, -0.2) is 38.1 Å². The minimum atomic E-state index is -4.79. The van der Waals surface area contributed by atoms with Gasteiger partial charge in [0.2, 0.25) is 5.91 Å². The van der Waals surface area contributed by atoms with Crippen LogP contribution in [0.5, 0.6) is 5.75 Å². The van der Waals surface area contributed by atoms with Crippen LogP contribution in [0.2, 0.25) is 0 Å². The van der Waals surface area contributed by atoms with Crippen molar-refractivity contribution in [2.24, 2.45) is 5.41 Å². The number of nitrogens with one attached hydrogen (secondary N) is 1. The number of aryl methyl sites for hydroxylation is 1. The topological polar surface area (TPSA) is 50.8 Å². The van der Waals surface area contributed by atoms with Gasteiger partial charge in [-0.2, -0.15) is 13.2 Å². The zero-order chi connectivity index (χ0) is 27.6. The Morgan fingerprint density at radius 1 is 1.08 bits per heavy atom. The highest BCUT2D eigenvalue weighted by molar-refractivity contribution is 5.92. The number of carbonyl (C=O) groups is 1. The molecule has 1 aliphatic rings. The summed E-state index contributed by atoms with van der Waals surface area (Å²) in [4.78, 5) is 14.1. The lowest BCUT2D eigenvalue weighted by Gasteiger charge is -2.27. The maximum absolute atomic E-state index is 14.9. The molecule has 0 radical (unpaired) electrons. The Morgan fingerprint density at radius 3 is 2.30 bits per heavy atom. The number of nitrogens with zero attached hydrogens (tertiary/aromatic N) is 1. The average molecular weight is 536 g/mol. The van der Waals surface area contributed by atoms with Gasteiger partial charge in [0.25, 0.3) is 0 Å². The van der Waals surface area contributed by atoms with Crippen LogP contribution in [0.4, 0.5) is 42.1 Å². The number of carbonyl (C=O) groups excluding carboxylic acids is 1. The van der Waals surface area contributed by atoms with Gasteiger partial charge in [-0.1, -0.05) is 26.0 Å². The van der Waals surface area contributed by atoms with Gasteiger partial charge in [0, 0.05) is 25.2 Å². The van der Waals surface area contributed by atoms with Gasteiger partial charge in [-0.15, -0.1) is 13.2 Å². The van der Waals surface area contributed by atoms with Crippen LogP contribution in [0.3, 0.4) is 0 Å². The maximum atomic E-state index is 14.9. The summed E-state index contributed by atoms with van der Waals surface area (Å²) in [5.41, 5.74) is -0.942. The highest BCUT2D eigenvalue weighted by atomic mass is 19.4. The number of halogens is 7. The fourth-order valence-electron chi connectivity index (χ4n) is 3.93. The van der Waals surface area contributed by atoms with Crippen molar-refractivity contribution in [1.29, 1.82) is 0 Å². The van der Waals surface area contributed by atoms with Crippen molar-refractivity contribution >= 4 is 17.3 Å². The summed E-state index contributed by atoms with van der Waals surface area (Å²) in [6, 6.07) is 8.21. The zero-order valence-electron chi connectivity index (χ0n) is 20.4. The van der Waals surface area contributed by atoms with Crippen LogP contribution in [0.25, 0.3) is 0 Å². The summed E-state index contributed by atoms with van der Waals surface area (Å²) < 4.78 is 101. The lowest BCUT2D eigenvalue weighted by Crippen LogP contribution is -2.36. The zero-order valence-corrected chi connectivity index (χ0v) is 20.4. The lowest BCUT2D eigenvalue weighted by molar-refractivity contribution is -0.274. The van der Waals surface area contributed by atoms with E-state index in [-0.39, 0.29) is 18.0 Å². The predicted molar refractivity (Wildman–Crippen MR) is 123 cm³/mol. The second kappa shape index (κ2) is 10.8. The predicted octanol–water partition coefficient (Wildman–Crippen LogP) is 6.92. The molecule has 3 rings (SSSR count). The van der Waals surface area contributed by atoms with E-state index >= 15 is 0 Å². The first-order chi connectivity index (χ1) is 17.1. The molecule has 1 fully saturated rings. The van der Waals surface area contributed by atoms with Crippen molar-refractivity contribution < 1.29 is 45.0 Å². The first-order valence-corrected chi connectivity index (χ1v) is 11.4. The van der Waals surface area contributed by atoms with Crippen LogP contribution in [-0.2, 0) is 9.53 Å². The minimum absolute atomic E-state index is 0.183. The van der Waals surface area contributed by atoms with E-state index in [9.17, 15) is 35.5 Å². The number of amides is 1. The third-order valence-electron chi connectivity index (χ3n) is 6.10. The molecule has 37 heavy (non-hydrogen) atoms. The van der Waals surface area contributed by atoms with Gasteiger partial charge in [0.05, 0.1) is 23.8 Å². The molecule has 12 heteroatoms. The Balaban J connectivity index is 1.66. The molecule has 1 heterocycles. The van der Waals surface area contributed by atoms with Gasteiger partial charge in [0.1, 0.15) is 11.6 Å². The number of benzene rings is 2. The molecule has 0 bridgehead atoms. The van der Waals surface area contributed by atoms with Crippen molar-refractivity contribution in [3.8, 4) is 5.75 Å². The fraction of sp³-hybridized carbons (Fsp3) is 0.480. The van der Waals surface area contributed by atoms with Gasteiger partial charge < -0.3 is 19.7 Å². The number of anilines is 2.